The Morgan fingerprint density at radius 3 is 2.79 bits per heavy atom. The fraction of sp³-hybridized carbons (Fsp3) is 0.444. The van der Waals surface area contributed by atoms with E-state index in [0.717, 1.165) is 0 Å². The van der Waals surface area contributed by atoms with E-state index < -0.39 is 0 Å². The van der Waals surface area contributed by atoms with Gasteiger partial charge in [0.05, 0.1) is 19.3 Å². The van der Waals surface area contributed by atoms with Gasteiger partial charge in [0.25, 0.3) is 0 Å². The van der Waals surface area contributed by atoms with Crippen LogP contribution in [0.4, 0.5) is 0 Å². The summed E-state index contributed by atoms with van der Waals surface area (Å²) in [5.74, 6) is 0.103. The van der Waals surface area contributed by atoms with Crippen molar-refractivity contribution in [1.29, 1.82) is 0 Å². The lowest BCUT2D eigenvalue weighted by Gasteiger charge is -2.08. The van der Waals surface area contributed by atoms with Crippen LogP contribution in [0, 0.1) is 0 Å². The van der Waals surface area contributed by atoms with Gasteiger partial charge in [-0.3, -0.25) is 4.79 Å². The summed E-state index contributed by atoms with van der Waals surface area (Å²) in [6, 6.07) is 0. The molecule has 1 aromatic rings. The Bertz CT molecular complexity index is 317. The summed E-state index contributed by atoms with van der Waals surface area (Å²) < 4.78 is 4.98. The molecule has 1 rings (SSSR count). The molecule has 0 aliphatic rings. The highest BCUT2D eigenvalue weighted by atomic mass is 16.5. The van der Waals surface area contributed by atoms with Crippen molar-refractivity contribution in [3.05, 3.63) is 17.6 Å². The summed E-state index contributed by atoms with van der Waals surface area (Å²) in [4.78, 5) is 19.4. The molecule has 0 atom stereocenters. The highest BCUT2D eigenvalue weighted by Gasteiger charge is 2.16. The van der Waals surface area contributed by atoms with E-state index in [0.29, 0.717) is 23.6 Å². The maximum absolute atomic E-state index is 11.5. The normalized spacial score (nSPS) is 9.93. The highest BCUT2D eigenvalue weighted by Crippen LogP contribution is 2.17. The maximum Gasteiger partial charge on any atom is 0.227 e. The predicted molar refractivity (Wildman–Crippen MR) is 51.3 cm³/mol. The largest absolute Gasteiger partial charge is 0.480 e. The number of methoxy groups -OCH3 is 1. The highest BCUT2D eigenvalue weighted by molar-refractivity contribution is 6.00. The van der Waals surface area contributed by atoms with Gasteiger partial charge in [-0.05, 0) is 6.42 Å². The Morgan fingerprint density at radius 1 is 1.57 bits per heavy atom. The quantitative estimate of drug-likeness (QED) is 0.694. The number of carbonyl (C=O) groups is 1. The number of ether oxygens (including phenoxy) is 1. The smallest absolute Gasteiger partial charge is 0.227 e. The minimum Gasteiger partial charge on any atom is -0.480 e. The lowest BCUT2D eigenvalue weighted by atomic mass is 10.1. The number of ketones is 1. The zero-order valence-electron chi connectivity index (χ0n) is 8.28. The standard InChI is InChI=1S/C9H13N3O2/c1-3-6-8(7(13)4-10)9(14-2)12-5-11-6/h5H,3-4,10H2,1-2H3. The minimum absolute atomic E-state index is 0.0588. The third-order valence-corrected chi connectivity index (χ3v) is 1.88. The number of hydrogen-bond acceptors (Lipinski definition) is 5. The molecule has 0 saturated heterocycles. The van der Waals surface area contributed by atoms with Crippen molar-refractivity contribution in [2.45, 2.75) is 13.3 Å². The summed E-state index contributed by atoms with van der Waals surface area (Å²) in [5.41, 5.74) is 6.37. The van der Waals surface area contributed by atoms with Gasteiger partial charge in [0.2, 0.25) is 5.88 Å². The first kappa shape index (κ1) is 10.6. The molecule has 1 aromatic heterocycles. The number of aromatic nitrogens is 2. The van der Waals surface area contributed by atoms with Crippen molar-refractivity contribution in [3.8, 4) is 5.88 Å². The van der Waals surface area contributed by atoms with E-state index in [1.54, 1.807) is 0 Å². The van der Waals surface area contributed by atoms with E-state index in [1.165, 1.54) is 13.4 Å². The predicted octanol–water partition coefficient (Wildman–Crippen LogP) is 0.189. The van der Waals surface area contributed by atoms with Crippen molar-refractivity contribution >= 4 is 5.78 Å². The topological polar surface area (TPSA) is 78.1 Å². The second kappa shape index (κ2) is 4.66. The molecule has 0 amide bonds. The Balaban J connectivity index is 3.25. The zero-order valence-corrected chi connectivity index (χ0v) is 8.28. The third-order valence-electron chi connectivity index (χ3n) is 1.88. The molecule has 0 fully saturated rings. The lowest BCUT2D eigenvalue weighted by molar-refractivity contribution is 0.0996. The molecule has 0 aliphatic heterocycles. The lowest BCUT2D eigenvalue weighted by Crippen LogP contribution is -2.18. The SMILES string of the molecule is CCc1ncnc(OC)c1C(=O)CN. The molecular weight excluding hydrogens is 182 g/mol. The second-order valence-electron chi connectivity index (χ2n) is 2.69. The average molecular weight is 195 g/mol. The molecule has 5 nitrogen and oxygen atoms in total. The fourth-order valence-corrected chi connectivity index (χ4v) is 1.21. The van der Waals surface area contributed by atoms with Crippen LogP contribution in [0.25, 0.3) is 0 Å². The van der Waals surface area contributed by atoms with Crippen molar-refractivity contribution in [2.75, 3.05) is 13.7 Å². The van der Waals surface area contributed by atoms with E-state index in [1.807, 2.05) is 6.92 Å². The molecule has 5 heteroatoms. The number of nitrogens with two attached hydrogens (primary N) is 1. The first-order valence-electron chi connectivity index (χ1n) is 4.35. The van der Waals surface area contributed by atoms with Gasteiger partial charge < -0.3 is 10.5 Å². The Morgan fingerprint density at radius 2 is 2.29 bits per heavy atom. The van der Waals surface area contributed by atoms with Gasteiger partial charge in [-0.2, -0.15) is 0 Å². The van der Waals surface area contributed by atoms with Crippen LogP contribution in [0.3, 0.4) is 0 Å². The molecular formula is C9H13N3O2. The van der Waals surface area contributed by atoms with E-state index in [9.17, 15) is 4.79 Å². The van der Waals surface area contributed by atoms with Crippen molar-refractivity contribution in [1.82, 2.24) is 9.97 Å². The Kier molecular flexibility index (Phi) is 3.53. The zero-order chi connectivity index (χ0) is 10.6. The fourth-order valence-electron chi connectivity index (χ4n) is 1.21. The number of hydrogen-bond donors (Lipinski definition) is 1. The van der Waals surface area contributed by atoms with Gasteiger partial charge in [-0.25, -0.2) is 9.97 Å². The van der Waals surface area contributed by atoms with Crippen LogP contribution in [0.5, 0.6) is 5.88 Å². The van der Waals surface area contributed by atoms with Gasteiger partial charge in [0.15, 0.2) is 5.78 Å². The van der Waals surface area contributed by atoms with Crippen LogP contribution in [-0.4, -0.2) is 29.4 Å². The molecule has 0 aromatic carbocycles. The Hall–Kier alpha value is -1.49. The van der Waals surface area contributed by atoms with Crippen LogP contribution >= 0.6 is 0 Å². The summed E-state index contributed by atoms with van der Waals surface area (Å²) in [5, 5.41) is 0. The van der Waals surface area contributed by atoms with Crippen LogP contribution in [0.1, 0.15) is 23.0 Å². The average Bonchev–Trinajstić information content (AvgIpc) is 2.26. The maximum atomic E-state index is 11.5. The molecule has 0 aliphatic carbocycles. The van der Waals surface area contributed by atoms with Crippen LogP contribution in [-0.2, 0) is 6.42 Å². The summed E-state index contributed by atoms with van der Waals surface area (Å²) in [7, 11) is 1.47. The van der Waals surface area contributed by atoms with E-state index in [-0.39, 0.29) is 12.3 Å². The molecule has 14 heavy (non-hydrogen) atoms. The van der Waals surface area contributed by atoms with Gasteiger partial charge in [0, 0.05) is 0 Å². The summed E-state index contributed by atoms with van der Waals surface area (Å²) >= 11 is 0. The molecule has 0 spiro atoms. The van der Waals surface area contributed by atoms with Crippen LogP contribution in [0.2, 0.25) is 0 Å². The molecule has 0 saturated carbocycles. The second-order valence-corrected chi connectivity index (χ2v) is 2.69. The summed E-state index contributed by atoms with van der Waals surface area (Å²) in [6.45, 7) is 1.85. The van der Waals surface area contributed by atoms with Crippen LogP contribution in [0.15, 0.2) is 6.33 Å². The van der Waals surface area contributed by atoms with E-state index in [4.69, 9.17) is 10.5 Å². The molecule has 0 unspecified atom stereocenters. The first-order valence-corrected chi connectivity index (χ1v) is 4.35. The number of Topliss-reactive ketones (excluding diaryl/α,β-unsaturated/α-hetero) is 1. The van der Waals surface area contributed by atoms with Crippen molar-refractivity contribution in [3.63, 3.8) is 0 Å². The number of nitrogens with zero attached hydrogens (tertiary/aromatic N) is 2. The van der Waals surface area contributed by atoms with E-state index >= 15 is 0 Å². The number of carbonyl (C=O) groups excluding carboxylic acids is 1. The van der Waals surface area contributed by atoms with Crippen LogP contribution < -0.4 is 10.5 Å². The van der Waals surface area contributed by atoms with Crippen molar-refractivity contribution < 1.29 is 9.53 Å². The number of rotatable bonds is 4. The molecule has 76 valence electrons. The summed E-state index contributed by atoms with van der Waals surface area (Å²) in [6.07, 6.45) is 2.03. The van der Waals surface area contributed by atoms with Gasteiger partial charge >= 0.3 is 0 Å². The monoisotopic (exact) mass is 195 g/mol. The number of aryl methyl sites for hydroxylation is 1. The van der Waals surface area contributed by atoms with Gasteiger partial charge in [0.1, 0.15) is 11.9 Å². The van der Waals surface area contributed by atoms with Gasteiger partial charge in [-0.15, -0.1) is 0 Å². The molecule has 2 N–H and O–H groups in total. The minimum atomic E-state index is -0.195. The third kappa shape index (κ3) is 1.88. The van der Waals surface area contributed by atoms with E-state index in [2.05, 4.69) is 9.97 Å². The molecule has 1 heterocycles. The molecule has 0 bridgehead atoms. The van der Waals surface area contributed by atoms with Crippen molar-refractivity contribution in [2.24, 2.45) is 5.73 Å². The first-order chi connectivity index (χ1) is 6.74. The molecule has 0 radical (unpaired) electrons. The Labute approximate surface area is 82.3 Å². The van der Waals surface area contributed by atoms with Gasteiger partial charge in [-0.1, -0.05) is 6.92 Å².